The summed E-state index contributed by atoms with van der Waals surface area (Å²) in [6.45, 7) is 3.85. The second-order valence-corrected chi connectivity index (χ2v) is 6.45. The van der Waals surface area contributed by atoms with Crippen LogP contribution in [0.3, 0.4) is 0 Å². The van der Waals surface area contributed by atoms with Crippen molar-refractivity contribution in [2.24, 2.45) is 0 Å². The highest BCUT2D eigenvalue weighted by Gasteiger charge is 2.15. The number of carbonyl (C=O) groups excluding carboxylic acids is 1. The number of thiophene rings is 1. The standard InChI is InChI=1S/C15H13N3OS2/c1-9-6-8-20-12(9)14(19)18-15-17-10(2)13(21-15)11-5-3-4-7-16-11/h3-8H,1-2H3,(H,17,18,19). The number of aromatic nitrogens is 2. The van der Waals surface area contributed by atoms with Gasteiger partial charge in [-0.15, -0.1) is 11.3 Å². The minimum Gasteiger partial charge on any atom is -0.297 e. The fraction of sp³-hybridized carbons (Fsp3) is 0.133. The molecular formula is C15H13N3OS2. The molecule has 0 aliphatic carbocycles. The van der Waals surface area contributed by atoms with Crippen LogP contribution in [0.2, 0.25) is 0 Å². The van der Waals surface area contributed by atoms with Crippen molar-refractivity contribution in [2.75, 3.05) is 5.32 Å². The molecule has 1 N–H and O–H groups in total. The number of nitrogens with one attached hydrogen (secondary N) is 1. The van der Waals surface area contributed by atoms with Crippen molar-refractivity contribution in [1.29, 1.82) is 0 Å². The highest BCUT2D eigenvalue weighted by atomic mass is 32.1. The summed E-state index contributed by atoms with van der Waals surface area (Å²) in [6.07, 6.45) is 1.75. The van der Waals surface area contributed by atoms with E-state index < -0.39 is 0 Å². The molecule has 21 heavy (non-hydrogen) atoms. The van der Waals surface area contributed by atoms with E-state index in [4.69, 9.17) is 0 Å². The number of thiazole rings is 1. The maximum Gasteiger partial charge on any atom is 0.267 e. The minimum atomic E-state index is -0.108. The van der Waals surface area contributed by atoms with E-state index in [0.29, 0.717) is 5.13 Å². The largest absolute Gasteiger partial charge is 0.297 e. The van der Waals surface area contributed by atoms with Gasteiger partial charge in [0.25, 0.3) is 5.91 Å². The lowest BCUT2D eigenvalue weighted by Crippen LogP contribution is -2.10. The highest BCUT2D eigenvalue weighted by molar-refractivity contribution is 7.19. The summed E-state index contributed by atoms with van der Waals surface area (Å²) in [7, 11) is 0. The molecule has 0 saturated heterocycles. The van der Waals surface area contributed by atoms with Gasteiger partial charge in [-0.05, 0) is 43.0 Å². The highest BCUT2D eigenvalue weighted by Crippen LogP contribution is 2.31. The average molecular weight is 315 g/mol. The van der Waals surface area contributed by atoms with Gasteiger partial charge in [-0.3, -0.25) is 15.1 Å². The monoisotopic (exact) mass is 315 g/mol. The van der Waals surface area contributed by atoms with Crippen LogP contribution in [0.15, 0.2) is 35.8 Å². The lowest BCUT2D eigenvalue weighted by molar-refractivity contribution is 0.103. The first-order valence-electron chi connectivity index (χ1n) is 6.39. The zero-order chi connectivity index (χ0) is 14.8. The second kappa shape index (κ2) is 5.75. The Balaban J connectivity index is 1.85. The smallest absolute Gasteiger partial charge is 0.267 e. The zero-order valence-corrected chi connectivity index (χ0v) is 13.2. The normalized spacial score (nSPS) is 10.6. The van der Waals surface area contributed by atoms with Gasteiger partial charge >= 0.3 is 0 Å². The van der Waals surface area contributed by atoms with Crippen LogP contribution < -0.4 is 5.32 Å². The van der Waals surface area contributed by atoms with Crippen molar-refractivity contribution in [3.05, 3.63) is 52.0 Å². The van der Waals surface area contributed by atoms with Crippen molar-refractivity contribution in [2.45, 2.75) is 13.8 Å². The predicted molar refractivity (Wildman–Crippen MR) is 87.1 cm³/mol. The van der Waals surface area contributed by atoms with Crippen molar-refractivity contribution in [3.63, 3.8) is 0 Å². The van der Waals surface area contributed by atoms with Crippen LogP contribution >= 0.6 is 22.7 Å². The first kappa shape index (κ1) is 13.9. The van der Waals surface area contributed by atoms with Crippen molar-refractivity contribution in [1.82, 2.24) is 9.97 Å². The minimum absolute atomic E-state index is 0.108. The molecule has 1 amide bonds. The Morgan fingerprint density at radius 3 is 2.76 bits per heavy atom. The molecule has 0 radical (unpaired) electrons. The Morgan fingerprint density at radius 1 is 1.24 bits per heavy atom. The maximum absolute atomic E-state index is 12.2. The van der Waals surface area contributed by atoms with Gasteiger partial charge in [0, 0.05) is 6.20 Å². The number of amides is 1. The van der Waals surface area contributed by atoms with E-state index >= 15 is 0 Å². The van der Waals surface area contributed by atoms with Crippen LogP contribution in [0, 0.1) is 13.8 Å². The topological polar surface area (TPSA) is 54.9 Å². The summed E-state index contributed by atoms with van der Waals surface area (Å²) in [6, 6.07) is 7.69. The summed E-state index contributed by atoms with van der Waals surface area (Å²) in [5, 5.41) is 5.38. The van der Waals surface area contributed by atoms with E-state index in [1.807, 2.05) is 43.5 Å². The Labute approximate surface area is 130 Å². The van der Waals surface area contributed by atoms with Gasteiger partial charge in [-0.1, -0.05) is 17.4 Å². The lowest BCUT2D eigenvalue weighted by Gasteiger charge is -1.99. The van der Waals surface area contributed by atoms with E-state index in [1.54, 1.807) is 6.20 Å². The number of hydrogen-bond acceptors (Lipinski definition) is 5. The molecule has 106 valence electrons. The molecule has 0 aromatic carbocycles. The van der Waals surface area contributed by atoms with Crippen molar-refractivity contribution >= 4 is 33.7 Å². The van der Waals surface area contributed by atoms with Crippen LogP contribution in [-0.2, 0) is 0 Å². The molecule has 0 spiro atoms. The Kier molecular flexibility index (Phi) is 3.81. The molecule has 3 aromatic rings. The maximum atomic E-state index is 12.2. The number of hydrogen-bond donors (Lipinski definition) is 1. The molecule has 0 aliphatic rings. The van der Waals surface area contributed by atoms with Gasteiger partial charge in [0.05, 0.1) is 21.1 Å². The number of anilines is 1. The molecule has 0 atom stereocenters. The van der Waals surface area contributed by atoms with Crippen LogP contribution in [0.4, 0.5) is 5.13 Å². The van der Waals surface area contributed by atoms with Gasteiger partial charge in [0.2, 0.25) is 0 Å². The first-order chi connectivity index (χ1) is 10.1. The van der Waals surface area contributed by atoms with Crippen LogP contribution in [0.25, 0.3) is 10.6 Å². The Morgan fingerprint density at radius 2 is 2.10 bits per heavy atom. The Hall–Kier alpha value is -2.05. The molecule has 3 heterocycles. The summed E-state index contributed by atoms with van der Waals surface area (Å²) < 4.78 is 0. The van der Waals surface area contributed by atoms with E-state index in [1.165, 1.54) is 22.7 Å². The summed E-state index contributed by atoms with van der Waals surface area (Å²) in [5.74, 6) is -0.108. The van der Waals surface area contributed by atoms with Crippen molar-refractivity contribution < 1.29 is 4.79 Å². The molecule has 3 rings (SSSR count). The van der Waals surface area contributed by atoms with Gasteiger partial charge in [-0.25, -0.2) is 4.98 Å². The molecule has 0 saturated carbocycles. The second-order valence-electron chi connectivity index (χ2n) is 4.54. The fourth-order valence-corrected chi connectivity index (χ4v) is 3.70. The van der Waals surface area contributed by atoms with E-state index in [-0.39, 0.29) is 5.91 Å². The third kappa shape index (κ3) is 2.86. The number of nitrogens with zero attached hydrogens (tertiary/aromatic N) is 2. The van der Waals surface area contributed by atoms with Crippen LogP contribution in [0.1, 0.15) is 20.9 Å². The lowest BCUT2D eigenvalue weighted by atomic mass is 10.3. The molecule has 3 aromatic heterocycles. The SMILES string of the molecule is Cc1ccsc1C(=O)Nc1nc(C)c(-c2ccccn2)s1. The van der Waals surface area contributed by atoms with E-state index in [9.17, 15) is 4.79 Å². The Bertz CT molecular complexity index is 777. The van der Waals surface area contributed by atoms with Crippen LogP contribution in [-0.4, -0.2) is 15.9 Å². The molecule has 6 heteroatoms. The number of aryl methyl sites for hydroxylation is 2. The quantitative estimate of drug-likeness (QED) is 0.790. The van der Waals surface area contributed by atoms with Gasteiger partial charge in [0.15, 0.2) is 5.13 Å². The molecule has 0 fully saturated rings. The van der Waals surface area contributed by atoms with Gasteiger partial charge < -0.3 is 0 Å². The molecule has 4 nitrogen and oxygen atoms in total. The fourth-order valence-electron chi connectivity index (χ4n) is 1.94. The molecule has 0 aliphatic heterocycles. The number of rotatable bonds is 3. The van der Waals surface area contributed by atoms with Gasteiger partial charge in [-0.2, -0.15) is 0 Å². The summed E-state index contributed by atoms with van der Waals surface area (Å²) in [5.41, 5.74) is 2.73. The average Bonchev–Trinajstić information content (AvgIpc) is 3.06. The molecular weight excluding hydrogens is 302 g/mol. The van der Waals surface area contributed by atoms with E-state index in [0.717, 1.165) is 26.7 Å². The number of pyridine rings is 1. The van der Waals surface area contributed by atoms with E-state index in [2.05, 4.69) is 15.3 Å². The predicted octanol–water partition coefficient (Wildman–Crippen LogP) is 4.14. The summed E-state index contributed by atoms with van der Waals surface area (Å²) >= 11 is 2.88. The first-order valence-corrected chi connectivity index (χ1v) is 8.09. The van der Waals surface area contributed by atoms with Crippen LogP contribution in [0.5, 0.6) is 0 Å². The number of carbonyl (C=O) groups is 1. The molecule has 0 unspecified atom stereocenters. The zero-order valence-electron chi connectivity index (χ0n) is 11.6. The van der Waals surface area contributed by atoms with Crippen molar-refractivity contribution in [3.8, 4) is 10.6 Å². The summed E-state index contributed by atoms with van der Waals surface area (Å²) in [4.78, 5) is 22.7. The molecule has 0 bridgehead atoms. The third-order valence-corrected chi connectivity index (χ3v) is 5.09. The van der Waals surface area contributed by atoms with Gasteiger partial charge in [0.1, 0.15) is 0 Å². The third-order valence-electron chi connectivity index (χ3n) is 2.98.